The van der Waals surface area contributed by atoms with Crippen molar-refractivity contribution in [3.05, 3.63) is 59.2 Å². The van der Waals surface area contributed by atoms with Crippen molar-refractivity contribution in [3.8, 4) is 17.2 Å². The largest absolute Gasteiger partial charge is 0.493 e. The van der Waals surface area contributed by atoms with Crippen LogP contribution in [-0.4, -0.2) is 26.2 Å². The number of hydrogen-bond acceptors (Lipinski definition) is 4. The van der Waals surface area contributed by atoms with E-state index in [1.165, 1.54) is 19.3 Å². The molecule has 1 atom stereocenters. The van der Waals surface area contributed by atoms with E-state index in [-0.39, 0.29) is 5.91 Å². The lowest BCUT2D eigenvalue weighted by Gasteiger charge is -2.21. The SMILES string of the molecule is COc1cc(/C=C/C(=O)NC(C)c2ccc(F)c(F)c2)cc2c1OCCO2. The van der Waals surface area contributed by atoms with Crippen LogP contribution in [0.4, 0.5) is 8.78 Å². The Morgan fingerprint density at radius 2 is 1.96 bits per heavy atom. The van der Waals surface area contributed by atoms with Crippen LogP contribution in [0.2, 0.25) is 0 Å². The summed E-state index contributed by atoms with van der Waals surface area (Å²) in [6.45, 7) is 2.57. The monoisotopic (exact) mass is 375 g/mol. The fourth-order valence-electron chi connectivity index (χ4n) is 2.69. The second kappa shape index (κ2) is 8.07. The van der Waals surface area contributed by atoms with Gasteiger partial charge in [-0.25, -0.2) is 8.78 Å². The fourth-order valence-corrected chi connectivity index (χ4v) is 2.69. The lowest BCUT2D eigenvalue weighted by atomic mass is 10.1. The Morgan fingerprint density at radius 1 is 1.19 bits per heavy atom. The average molecular weight is 375 g/mol. The maximum absolute atomic E-state index is 13.3. The average Bonchev–Trinajstić information content (AvgIpc) is 2.67. The molecule has 0 fully saturated rings. The van der Waals surface area contributed by atoms with Gasteiger partial charge in [0, 0.05) is 6.08 Å². The summed E-state index contributed by atoms with van der Waals surface area (Å²) in [6.07, 6.45) is 2.95. The standard InChI is InChI=1S/C20H19F2NO4/c1-12(14-4-5-15(21)16(22)11-14)23-19(24)6-3-13-9-17(25-2)20-18(10-13)26-7-8-27-20/h3-6,9-12H,7-8H2,1-2H3,(H,23,24)/b6-3+. The van der Waals surface area contributed by atoms with Crippen molar-refractivity contribution in [1.29, 1.82) is 0 Å². The van der Waals surface area contributed by atoms with Crippen molar-refractivity contribution in [2.75, 3.05) is 20.3 Å². The van der Waals surface area contributed by atoms with Crippen molar-refractivity contribution < 1.29 is 27.8 Å². The zero-order chi connectivity index (χ0) is 19.4. The minimum absolute atomic E-state index is 0.374. The van der Waals surface area contributed by atoms with Crippen molar-refractivity contribution in [3.63, 3.8) is 0 Å². The Balaban J connectivity index is 1.70. The molecule has 0 radical (unpaired) electrons. The summed E-state index contributed by atoms with van der Waals surface area (Å²) in [7, 11) is 1.53. The normalized spacial score (nSPS) is 14.1. The number of fused-ring (bicyclic) bond motifs is 1. The first-order valence-corrected chi connectivity index (χ1v) is 8.39. The Bertz CT molecular complexity index is 865. The van der Waals surface area contributed by atoms with Crippen LogP contribution in [0.25, 0.3) is 6.08 Å². The van der Waals surface area contributed by atoms with E-state index < -0.39 is 17.7 Å². The summed E-state index contributed by atoms with van der Waals surface area (Å²) in [5.74, 6) is -0.645. The van der Waals surface area contributed by atoms with Crippen LogP contribution in [0.5, 0.6) is 17.2 Å². The van der Waals surface area contributed by atoms with E-state index in [4.69, 9.17) is 14.2 Å². The van der Waals surface area contributed by atoms with Gasteiger partial charge >= 0.3 is 0 Å². The molecule has 142 valence electrons. The number of carbonyl (C=O) groups is 1. The number of rotatable bonds is 5. The molecule has 0 aromatic heterocycles. The zero-order valence-corrected chi connectivity index (χ0v) is 14.9. The van der Waals surface area contributed by atoms with Crippen molar-refractivity contribution in [1.82, 2.24) is 5.32 Å². The molecule has 0 bridgehead atoms. The molecule has 2 aromatic rings. The van der Waals surface area contributed by atoms with Gasteiger partial charge < -0.3 is 19.5 Å². The second-order valence-electron chi connectivity index (χ2n) is 5.98. The lowest BCUT2D eigenvalue weighted by molar-refractivity contribution is -0.117. The summed E-state index contributed by atoms with van der Waals surface area (Å²) in [5.41, 5.74) is 1.17. The third-order valence-corrected chi connectivity index (χ3v) is 4.08. The molecule has 0 aliphatic carbocycles. The summed E-state index contributed by atoms with van der Waals surface area (Å²) in [4.78, 5) is 12.1. The minimum Gasteiger partial charge on any atom is -0.493 e. The number of halogens is 2. The zero-order valence-electron chi connectivity index (χ0n) is 14.9. The molecule has 0 spiro atoms. The number of carbonyl (C=O) groups excluding carboxylic acids is 1. The second-order valence-corrected chi connectivity index (χ2v) is 5.98. The highest BCUT2D eigenvalue weighted by atomic mass is 19.2. The van der Waals surface area contributed by atoms with Gasteiger partial charge in [0.25, 0.3) is 0 Å². The molecule has 3 rings (SSSR count). The fraction of sp³-hybridized carbons (Fsp3) is 0.250. The number of benzene rings is 2. The molecule has 27 heavy (non-hydrogen) atoms. The number of ether oxygens (including phenoxy) is 3. The summed E-state index contributed by atoms with van der Waals surface area (Å²) < 4.78 is 42.7. The van der Waals surface area contributed by atoms with E-state index in [0.29, 0.717) is 41.6 Å². The van der Waals surface area contributed by atoms with Gasteiger partial charge in [-0.2, -0.15) is 0 Å². The highest BCUT2D eigenvalue weighted by Gasteiger charge is 2.18. The molecule has 5 nitrogen and oxygen atoms in total. The van der Waals surface area contributed by atoms with Gasteiger partial charge in [-0.15, -0.1) is 0 Å². The molecule has 1 unspecified atom stereocenters. The molecule has 2 aromatic carbocycles. The van der Waals surface area contributed by atoms with E-state index in [9.17, 15) is 13.6 Å². The van der Waals surface area contributed by atoms with Crippen molar-refractivity contribution in [2.24, 2.45) is 0 Å². The molecule has 0 saturated heterocycles. The van der Waals surface area contributed by atoms with Gasteiger partial charge in [0.1, 0.15) is 13.2 Å². The number of hydrogen-bond donors (Lipinski definition) is 1. The van der Waals surface area contributed by atoms with Gasteiger partial charge in [0.15, 0.2) is 23.1 Å². The molecule has 1 amide bonds. The molecular weight excluding hydrogens is 356 g/mol. The first kappa shape index (κ1) is 18.7. The summed E-state index contributed by atoms with van der Waals surface area (Å²) >= 11 is 0. The van der Waals surface area contributed by atoms with E-state index in [2.05, 4.69) is 5.32 Å². The van der Waals surface area contributed by atoms with Crippen molar-refractivity contribution >= 4 is 12.0 Å². The van der Waals surface area contributed by atoms with E-state index in [1.807, 2.05) is 0 Å². The number of nitrogens with one attached hydrogen (secondary N) is 1. The third kappa shape index (κ3) is 4.36. The molecular formula is C20H19F2NO4. The molecule has 7 heteroatoms. The van der Waals surface area contributed by atoms with Crippen LogP contribution in [0.3, 0.4) is 0 Å². The van der Waals surface area contributed by atoms with Gasteiger partial charge in [0.05, 0.1) is 13.2 Å². The highest BCUT2D eigenvalue weighted by molar-refractivity contribution is 5.92. The number of amides is 1. The maximum atomic E-state index is 13.3. The Morgan fingerprint density at radius 3 is 2.70 bits per heavy atom. The third-order valence-electron chi connectivity index (χ3n) is 4.08. The molecule has 1 heterocycles. The Kier molecular flexibility index (Phi) is 5.59. The maximum Gasteiger partial charge on any atom is 0.244 e. The predicted molar refractivity (Wildman–Crippen MR) is 95.9 cm³/mol. The predicted octanol–water partition coefficient (Wildman–Crippen LogP) is 3.64. The Hall–Kier alpha value is -3.09. The van der Waals surface area contributed by atoms with Crippen LogP contribution in [0, 0.1) is 11.6 Å². The van der Waals surface area contributed by atoms with Crippen LogP contribution in [0.1, 0.15) is 24.1 Å². The van der Waals surface area contributed by atoms with Crippen molar-refractivity contribution in [2.45, 2.75) is 13.0 Å². The van der Waals surface area contributed by atoms with E-state index in [1.54, 1.807) is 25.1 Å². The molecule has 1 aliphatic rings. The highest BCUT2D eigenvalue weighted by Crippen LogP contribution is 2.40. The van der Waals surface area contributed by atoms with Gasteiger partial charge in [-0.05, 0) is 48.4 Å². The van der Waals surface area contributed by atoms with Gasteiger partial charge in [-0.1, -0.05) is 6.07 Å². The summed E-state index contributed by atoms with van der Waals surface area (Å²) in [5, 5.41) is 2.70. The molecule has 0 saturated carbocycles. The smallest absolute Gasteiger partial charge is 0.244 e. The van der Waals surface area contributed by atoms with E-state index >= 15 is 0 Å². The van der Waals surface area contributed by atoms with E-state index in [0.717, 1.165) is 12.1 Å². The first-order chi connectivity index (χ1) is 13.0. The van der Waals surface area contributed by atoms with Crippen LogP contribution in [0.15, 0.2) is 36.4 Å². The Labute approximate surface area is 155 Å². The summed E-state index contributed by atoms with van der Waals surface area (Å²) in [6, 6.07) is 6.53. The minimum atomic E-state index is -0.951. The van der Waals surface area contributed by atoms with Crippen LogP contribution >= 0.6 is 0 Å². The first-order valence-electron chi connectivity index (χ1n) is 8.39. The quantitative estimate of drug-likeness (QED) is 0.811. The number of methoxy groups -OCH3 is 1. The lowest BCUT2D eigenvalue weighted by Crippen LogP contribution is -2.24. The molecule has 1 aliphatic heterocycles. The van der Waals surface area contributed by atoms with Gasteiger partial charge in [-0.3, -0.25) is 4.79 Å². The van der Waals surface area contributed by atoms with Crippen LogP contribution in [-0.2, 0) is 4.79 Å². The van der Waals surface area contributed by atoms with Gasteiger partial charge in [0.2, 0.25) is 11.7 Å². The van der Waals surface area contributed by atoms with Crippen LogP contribution < -0.4 is 19.5 Å². The topological polar surface area (TPSA) is 56.8 Å². The molecule has 1 N–H and O–H groups in total.